The van der Waals surface area contributed by atoms with E-state index < -0.39 is 11.9 Å². The topological polar surface area (TPSA) is 91.3 Å². The Labute approximate surface area is 155 Å². The van der Waals surface area contributed by atoms with E-state index in [0.717, 1.165) is 0 Å². The lowest BCUT2D eigenvalue weighted by molar-refractivity contribution is -0.135. The van der Waals surface area contributed by atoms with Crippen LogP contribution in [0, 0.1) is 0 Å². The van der Waals surface area contributed by atoms with Crippen LogP contribution in [0.1, 0.15) is 40.7 Å². The van der Waals surface area contributed by atoms with Crippen LogP contribution >= 0.6 is 0 Å². The fraction of sp³-hybridized carbons (Fsp3) is 0.300. The molecular weight excluding hydrogens is 352 g/mol. The summed E-state index contributed by atoms with van der Waals surface area (Å²) < 4.78 is 22.0. The van der Waals surface area contributed by atoms with Gasteiger partial charge >= 0.3 is 5.97 Å². The minimum Gasteiger partial charge on any atom is -0.507 e. The predicted molar refractivity (Wildman–Crippen MR) is 94.2 cm³/mol. The van der Waals surface area contributed by atoms with Crippen molar-refractivity contribution < 1.29 is 33.6 Å². The van der Waals surface area contributed by atoms with Gasteiger partial charge < -0.3 is 24.1 Å². The Hall–Kier alpha value is -3.22. The number of esters is 1. The molecule has 1 unspecified atom stereocenters. The molecule has 0 aromatic heterocycles. The second-order valence-electron chi connectivity index (χ2n) is 6.41. The maximum Gasteiger partial charge on any atom is 0.312 e. The number of ether oxygens (including phenoxy) is 4. The van der Waals surface area contributed by atoms with Crippen molar-refractivity contribution in [3.05, 3.63) is 41.0 Å². The molecule has 0 bridgehead atoms. The third-order valence-electron chi connectivity index (χ3n) is 4.75. The number of carbonyl (C=O) groups is 2. The molecule has 0 saturated heterocycles. The largest absolute Gasteiger partial charge is 0.507 e. The molecule has 0 radical (unpaired) electrons. The smallest absolute Gasteiger partial charge is 0.312 e. The van der Waals surface area contributed by atoms with Gasteiger partial charge in [0.2, 0.25) is 5.75 Å². The Morgan fingerprint density at radius 1 is 1.19 bits per heavy atom. The highest BCUT2D eigenvalue weighted by atomic mass is 16.6. The van der Waals surface area contributed by atoms with Gasteiger partial charge in [-0.25, -0.2) is 0 Å². The van der Waals surface area contributed by atoms with Gasteiger partial charge in [-0.15, -0.1) is 0 Å². The van der Waals surface area contributed by atoms with Crippen LogP contribution in [0.3, 0.4) is 0 Å². The third-order valence-corrected chi connectivity index (χ3v) is 4.75. The molecule has 0 amide bonds. The summed E-state index contributed by atoms with van der Waals surface area (Å²) in [7, 11) is 1.52. The number of Topliss-reactive ketones (excluding diaryl/α,β-unsaturated/α-hetero) is 1. The van der Waals surface area contributed by atoms with E-state index in [4.69, 9.17) is 18.9 Å². The predicted octanol–water partition coefficient (Wildman–Crippen LogP) is 2.82. The number of carbonyl (C=O) groups excluding carboxylic acids is 2. The first-order valence-electron chi connectivity index (χ1n) is 8.54. The Balaban J connectivity index is 1.90. The van der Waals surface area contributed by atoms with E-state index in [9.17, 15) is 14.7 Å². The lowest BCUT2D eigenvalue weighted by Crippen LogP contribution is -2.22. The lowest BCUT2D eigenvalue weighted by atomic mass is 9.84. The van der Waals surface area contributed by atoms with Crippen molar-refractivity contribution in [2.45, 2.75) is 19.3 Å². The number of hydrogen-bond donors (Lipinski definition) is 1. The second kappa shape index (κ2) is 6.50. The van der Waals surface area contributed by atoms with Gasteiger partial charge in [-0.3, -0.25) is 9.59 Å². The Kier molecular flexibility index (Phi) is 4.14. The molecule has 27 heavy (non-hydrogen) atoms. The monoisotopic (exact) mass is 370 g/mol. The number of benzene rings is 2. The molecule has 0 saturated carbocycles. The van der Waals surface area contributed by atoms with E-state index in [2.05, 4.69) is 0 Å². The van der Waals surface area contributed by atoms with Gasteiger partial charge in [0.25, 0.3) is 0 Å². The van der Waals surface area contributed by atoms with Crippen LogP contribution < -0.4 is 18.9 Å². The molecule has 1 N–H and O–H groups in total. The van der Waals surface area contributed by atoms with E-state index in [1.807, 2.05) is 0 Å². The van der Waals surface area contributed by atoms with E-state index in [1.165, 1.54) is 26.2 Å². The lowest BCUT2D eigenvalue weighted by Gasteiger charge is -2.28. The van der Waals surface area contributed by atoms with Crippen molar-refractivity contribution in [1.29, 1.82) is 0 Å². The zero-order chi connectivity index (χ0) is 19.1. The first-order chi connectivity index (χ1) is 13.0. The van der Waals surface area contributed by atoms with Crippen LogP contribution in [0.5, 0.6) is 28.7 Å². The molecule has 7 heteroatoms. The molecular formula is C20H18O7. The molecule has 2 aromatic rings. The zero-order valence-corrected chi connectivity index (χ0v) is 14.9. The maximum atomic E-state index is 12.1. The minimum absolute atomic E-state index is 0.0186. The summed E-state index contributed by atoms with van der Waals surface area (Å²) in [6, 6.07) is 6.51. The van der Waals surface area contributed by atoms with Crippen molar-refractivity contribution in [2.24, 2.45) is 0 Å². The van der Waals surface area contributed by atoms with Gasteiger partial charge in [-0.05, 0) is 36.8 Å². The van der Waals surface area contributed by atoms with Crippen molar-refractivity contribution in [3.63, 3.8) is 0 Å². The molecule has 2 aromatic carbocycles. The normalized spacial score (nSPS) is 17.7. The number of ketones is 1. The molecule has 1 atom stereocenters. The highest BCUT2D eigenvalue weighted by Crippen LogP contribution is 2.49. The standard InChI is InChI=1S/C20H18O7/c1-10(21)12-3-4-14-18(19(12)23)13(9-17(22)27-14)11-7-15(24-2)20-16(8-11)25-5-6-26-20/h3-4,7-8,13,23H,5-6,9H2,1-2H3. The molecule has 7 nitrogen and oxygen atoms in total. The van der Waals surface area contributed by atoms with Crippen LogP contribution in [0.15, 0.2) is 24.3 Å². The summed E-state index contributed by atoms with van der Waals surface area (Å²) in [4.78, 5) is 24.0. The first-order valence-corrected chi connectivity index (χ1v) is 8.54. The van der Waals surface area contributed by atoms with E-state index in [0.29, 0.717) is 41.6 Å². The highest BCUT2D eigenvalue weighted by molar-refractivity contribution is 5.98. The first kappa shape index (κ1) is 17.2. The van der Waals surface area contributed by atoms with Gasteiger partial charge in [0.1, 0.15) is 24.7 Å². The number of fused-ring (bicyclic) bond motifs is 2. The molecule has 0 aliphatic carbocycles. The maximum absolute atomic E-state index is 12.1. The summed E-state index contributed by atoms with van der Waals surface area (Å²) in [5.41, 5.74) is 1.28. The van der Waals surface area contributed by atoms with E-state index in [-0.39, 0.29) is 29.3 Å². The van der Waals surface area contributed by atoms with Crippen LogP contribution in [-0.4, -0.2) is 37.2 Å². The second-order valence-corrected chi connectivity index (χ2v) is 6.41. The molecule has 2 aliphatic heterocycles. The van der Waals surface area contributed by atoms with Crippen molar-refractivity contribution in [2.75, 3.05) is 20.3 Å². The van der Waals surface area contributed by atoms with Crippen molar-refractivity contribution in [1.82, 2.24) is 0 Å². The Morgan fingerprint density at radius 3 is 2.70 bits per heavy atom. The molecule has 0 spiro atoms. The minimum atomic E-state index is -0.509. The van der Waals surface area contributed by atoms with Crippen LogP contribution in [0.25, 0.3) is 0 Å². The van der Waals surface area contributed by atoms with Crippen LogP contribution in [0.2, 0.25) is 0 Å². The number of rotatable bonds is 3. The number of methoxy groups -OCH3 is 1. The van der Waals surface area contributed by atoms with Gasteiger partial charge in [0.05, 0.1) is 19.1 Å². The highest BCUT2D eigenvalue weighted by Gasteiger charge is 2.34. The third kappa shape index (κ3) is 2.85. The molecule has 2 heterocycles. The Bertz CT molecular complexity index is 931. The van der Waals surface area contributed by atoms with Gasteiger partial charge in [0, 0.05) is 11.5 Å². The summed E-state index contributed by atoms with van der Waals surface area (Å²) in [5.74, 6) is 0.363. The fourth-order valence-electron chi connectivity index (χ4n) is 3.51. The molecule has 2 aliphatic rings. The molecule has 4 rings (SSSR count). The van der Waals surface area contributed by atoms with Gasteiger partial charge in [0.15, 0.2) is 17.3 Å². The van der Waals surface area contributed by atoms with E-state index in [1.54, 1.807) is 12.1 Å². The van der Waals surface area contributed by atoms with E-state index >= 15 is 0 Å². The van der Waals surface area contributed by atoms with Crippen LogP contribution in [0.4, 0.5) is 0 Å². The summed E-state index contributed by atoms with van der Waals surface area (Å²) >= 11 is 0. The molecule has 0 fully saturated rings. The average Bonchev–Trinajstić information content (AvgIpc) is 2.66. The fourth-order valence-corrected chi connectivity index (χ4v) is 3.51. The number of hydrogen-bond acceptors (Lipinski definition) is 7. The summed E-state index contributed by atoms with van der Waals surface area (Å²) in [6.45, 7) is 2.20. The van der Waals surface area contributed by atoms with Crippen molar-refractivity contribution >= 4 is 11.8 Å². The average molecular weight is 370 g/mol. The number of phenols is 1. The SMILES string of the molecule is COc1cc(C2CC(=O)Oc3ccc(C(C)=O)c(O)c32)cc2c1OCCO2. The summed E-state index contributed by atoms with van der Waals surface area (Å²) in [6.07, 6.45) is 0.0186. The zero-order valence-electron chi connectivity index (χ0n) is 14.9. The summed E-state index contributed by atoms with van der Waals surface area (Å²) in [5, 5.41) is 10.7. The number of aromatic hydroxyl groups is 1. The quantitative estimate of drug-likeness (QED) is 0.505. The number of phenolic OH excluding ortho intramolecular Hbond substituents is 1. The van der Waals surface area contributed by atoms with Crippen LogP contribution in [-0.2, 0) is 4.79 Å². The van der Waals surface area contributed by atoms with Crippen molar-refractivity contribution in [3.8, 4) is 28.7 Å². The molecule has 140 valence electrons. The van der Waals surface area contributed by atoms with Gasteiger partial charge in [-0.1, -0.05) is 0 Å². The van der Waals surface area contributed by atoms with Gasteiger partial charge in [-0.2, -0.15) is 0 Å². The Morgan fingerprint density at radius 2 is 1.96 bits per heavy atom.